The summed E-state index contributed by atoms with van der Waals surface area (Å²) in [5.41, 5.74) is 10.8. The molecule has 8 nitrogen and oxygen atoms in total. The number of rotatable bonds is 8. The molecule has 10 heteroatoms. The van der Waals surface area contributed by atoms with Crippen molar-refractivity contribution in [3.05, 3.63) is 76.5 Å². The van der Waals surface area contributed by atoms with Gasteiger partial charge in [-0.3, -0.25) is 9.99 Å². The van der Waals surface area contributed by atoms with Crippen LogP contribution in [-0.2, 0) is 4.74 Å². The fourth-order valence-electron chi connectivity index (χ4n) is 5.04. The fraction of sp³-hybridized carbons (Fsp3) is 0.357. The van der Waals surface area contributed by atoms with Crippen LogP contribution in [0, 0.1) is 23.1 Å². The lowest BCUT2D eigenvalue weighted by atomic mass is 10.0. The number of hydrazine groups is 2. The lowest BCUT2D eigenvalue weighted by Gasteiger charge is -2.24. The van der Waals surface area contributed by atoms with E-state index in [1.807, 2.05) is 12.1 Å². The highest BCUT2D eigenvalue weighted by atomic mass is 35.5. The van der Waals surface area contributed by atoms with Crippen molar-refractivity contribution in [2.75, 3.05) is 30.4 Å². The first-order valence-electron chi connectivity index (χ1n) is 13.0. The van der Waals surface area contributed by atoms with Gasteiger partial charge in [0.05, 0.1) is 40.1 Å². The van der Waals surface area contributed by atoms with E-state index in [4.69, 9.17) is 16.3 Å². The van der Waals surface area contributed by atoms with Crippen molar-refractivity contribution in [1.82, 2.24) is 21.0 Å². The zero-order valence-corrected chi connectivity index (χ0v) is 21.6. The number of ether oxygens (including phenoxy) is 1. The minimum atomic E-state index is -0.303. The molecule has 1 saturated carbocycles. The normalized spacial score (nSPS) is 20.0. The van der Waals surface area contributed by atoms with Crippen LogP contribution < -0.4 is 21.6 Å². The first-order valence-corrected chi connectivity index (χ1v) is 13.3. The van der Waals surface area contributed by atoms with Gasteiger partial charge in [-0.25, -0.2) is 4.39 Å². The maximum absolute atomic E-state index is 13.7. The van der Waals surface area contributed by atoms with Crippen LogP contribution in [0.15, 0.2) is 54.5 Å². The van der Waals surface area contributed by atoms with Gasteiger partial charge in [-0.05, 0) is 61.4 Å². The molecule has 0 radical (unpaired) electrons. The second-order valence-corrected chi connectivity index (χ2v) is 10.5. The molecule has 0 spiro atoms. The highest BCUT2D eigenvalue weighted by molar-refractivity contribution is 6.35. The molecule has 4 N–H and O–H groups in total. The average Bonchev–Trinajstić information content (AvgIpc) is 3.68. The topological polar surface area (TPSA) is 97.3 Å². The van der Waals surface area contributed by atoms with Crippen LogP contribution in [0.5, 0.6) is 0 Å². The summed E-state index contributed by atoms with van der Waals surface area (Å²) >= 11 is 6.73. The summed E-state index contributed by atoms with van der Waals surface area (Å²) in [6.07, 6.45) is 8.02. The molecule has 1 unspecified atom stereocenters. The fourth-order valence-corrected chi connectivity index (χ4v) is 5.30. The predicted molar refractivity (Wildman–Crippen MR) is 145 cm³/mol. The van der Waals surface area contributed by atoms with Crippen molar-refractivity contribution < 1.29 is 9.13 Å². The Kier molecular flexibility index (Phi) is 6.94. The smallest absolute Gasteiger partial charge is 0.123 e. The highest BCUT2D eigenvalue weighted by Crippen LogP contribution is 2.37. The van der Waals surface area contributed by atoms with Gasteiger partial charge in [0.15, 0.2) is 0 Å². The monoisotopic (exact) mass is 533 g/mol. The average molecular weight is 534 g/mol. The Hall–Kier alpha value is -3.58. The van der Waals surface area contributed by atoms with Crippen LogP contribution in [0.4, 0.5) is 15.8 Å². The standard InChI is InChI=1S/C28H29ClFN7O/c29-24-11-21(10-23-26(19(12-31)14-33-28(23)24)32-13-17-2-1-9-38-16-17)34-27(18-3-5-20(30)6-4-18)25-15-37(36-35-25)22-7-8-22/h3-6,10-11,14-15,17,22,27,34-36H,1-2,7-9,13,16H2,(H,32,33)/t17?,27-/m0/s1. The lowest BCUT2D eigenvalue weighted by Crippen LogP contribution is -2.38. The number of benzene rings is 2. The van der Waals surface area contributed by atoms with E-state index in [9.17, 15) is 9.65 Å². The number of anilines is 2. The highest BCUT2D eigenvalue weighted by Gasteiger charge is 2.32. The summed E-state index contributed by atoms with van der Waals surface area (Å²) in [6, 6.07) is 12.7. The van der Waals surface area contributed by atoms with Crippen molar-refractivity contribution in [2.24, 2.45) is 5.92 Å². The van der Waals surface area contributed by atoms with E-state index in [1.54, 1.807) is 18.3 Å². The lowest BCUT2D eigenvalue weighted by molar-refractivity contribution is 0.0595. The Morgan fingerprint density at radius 2 is 2.08 bits per heavy atom. The SMILES string of the molecule is N#Cc1cnc2c(Cl)cc(N[C@H](C3=CN(C4CC4)NN3)c3ccc(F)cc3)cc2c1NCC1CCCOC1. The van der Waals surface area contributed by atoms with Crippen LogP contribution in [0.25, 0.3) is 10.9 Å². The molecule has 2 aromatic carbocycles. The molecular weight excluding hydrogens is 505 g/mol. The Labute approximate surface area is 225 Å². The maximum Gasteiger partial charge on any atom is 0.123 e. The van der Waals surface area contributed by atoms with Crippen LogP contribution in [0.3, 0.4) is 0 Å². The molecule has 1 saturated heterocycles. The number of nitriles is 1. The van der Waals surface area contributed by atoms with Gasteiger partial charge in [0.25, 0.3) is 0 Å². The summed E-state index contributed by atoms with van der Waals surface area (Å²) in [7, 11) is 0. The third-order valence-electron chi connectivity index (χ3n) is 7.24. The first kappa shape index (κ1) is 24.7. The molecule has 38 heavy (non-hydrogen) atoms. The van der Waals surface area contributed by atoms with E-state index in [0.717, 1.165) is 54.6 Å². The summed E-state index contributed by atoms with van der Waals surface area (Å²) < 4.78 is 19.4. The number of fused-ring (bicyclic) bond motifs is 1. The van der Waals surface area contributed by atoms with E-state index >= 15 is 0 Å². The number of nitrogens with one attached hydrogen (secondary N) is 4. The molecule has 0 amide bonds. The quantitative estimate of drug-likeness (QED) is 0.313. The second-order valence-electron chi connectivity index (χ2n) is 10.1. The second kappa shape index (κ2) is 10.7. The van der Waals surface area contributed by atoms with Crippen molar-refractivity contribution in [1.29, 1.82) is 5.26 Å². The van der Waals surface area contributed by atoms with Crippen LogP contribution in [-0.4, -0.2) is 35.8 Å². The predicted octanol–water partition coefficient (Wildman–Crippen LogP) is 5.22. The molecule has 1 aliphatic carbocycles. The van der Waals surface area contributed by atoms with Crippen molar-refractivity contribution in [3.8, 4) is 6.07 Å². The van der Waals surface area contributed by atoms with Gasteiger partial charge in [0.1, 0.15) is 11.9 Å². The van der Waals surface area contributed by atoms with Gasteiger partial charge in [0.2, 0.25) is 0 Å². The van der Waals surface area contributed by atoms with Crippen molar-refractivity contribution >= 4 is 33.9 Å². The summed E-state index contributed by atoms with van der Waals surface area (Å²) in [4.78, 5) is 4.48. The molecular formula is C28H29ClFN7O. The Balaban J connectivity index is 1.35. The van der Waals surface area contributed by atoms with E-state index in [1.165, 1.54) is 12.1 Å². The number of hydrogen-bond acceptors (Lipinski definition) is 8. The molecule has 2 aliphatic heterocycles. The van der Waals surface area contributed by atoms with Gasteiger partial charge in [-0.1, -0.05) is 23.7 Å². The van der Waals surface area contributed by atoms with Crippen molar-refractivity contribution in [2.45, 2.75) is 37.8 Å². The summed E-state index contributed by atoms with van der Waals surface area (Å²) in [5, 5.41) is 20.2. The Bertz CT molecular complexity index is 1400. The Morgan fingerprint density at radius 1 is 1.24 bits per heavy atom. The number of nitrogens with zero attached hydrogens (tertiary/aromatic N) is 3. The molecule has 2 fully saturated rings. The molecule has 3 heterocycles. The number of pyridine rings is 1. The van der Waals surface area contributed by atoms with Gasteiger partial charge in [-0.15, -0.1) is 5.53 Å². The van der Waals surface area contributed by atoms with E-state index in [0.29, 0.717) is 46.9 Å². The van der Waals surface area contributed by atoms with Gasteiger partial charge >= 0.3 is 0 Å². The van der Waals surface area contributed by atoms with Gasteiger partial charge in [-0.2, -0.15) is 5.26 Å². The van der Waals surface area contributed by atoms with Crippen LogP contribution in [0.1, 0.15) is 42.9 Å². The zero-order chi connectivity index (χ0) is 26.1. The zero-order valence-electron chi connectivity index (χ0n) is 20.8. The third kappa shape index (κ3) is 5.20. The molecule has 1 aromatic heterocycles. The molecule has 6 rings (SSSR count). The molecule has 3 aromatic rings. The molecule has 196 valence electrons. The molecule has 0 bridgehead atoms. The Morgan fingerprint density at radius 3 is 2.82 bits per heavy atom. The minimum Gasteiger partial charge on any atom is -0.383 e. The summed E-state index contributed by atoms with van der Waals surface area (Å²) in [5.74, 6) is 0.0852. The van der Waals surface area contributed by atoms with E-state index in [2.05, 4.69) is 43.9 Å². The largest absolute Gasteiger partial charge is 0.383 e. The molecule has 2 atom stereocenters. The van der Waals surface area contributed by atoms with Gasteiger partial charge in [0, 0.05) is 42.7 Å². The van der Waals surface area contributed by atoms with Crippen molar-refractivity contribution in [3.63, 3.8) is 0 Å². The van der Waals surface area contributed by atoms with Gasteiger partial charge < -0.3 is 20.8 Å². The number of aromatic nitrogens is 1. The minimum absolute atomic E-state index is 0.290. The van der Waals surface area contributed by atoms with E-state index in [-0.39, 0.29) is 11.9 Å². The maximum atomic E-state index is 13.7. The first-order chi connectivity index (χ1) is 18.6. The van der Waals surface area contributed by atoms with E-state index < -0.39 is 0 Å². The third-order valence-corrected chi connectivity index (χ3v) is 7.53. The molecule has 3 aliphatic rings. The van der Waals surface area contributed by atoms with Crippen LogP contribution in [0.2, 0.25) is 5.02 Å². The number of halogens is 2. The summed E-state index contributed by atoms with van der Waals surface area (Å²) in [6.45, 7) is 2.21. The van der Waals surface area contributed by atoms with Crippen LogP contribution >= 0.6 is 11.6 Å². The number of hydrogen-bond donors (Lipinski definition) is 4.